The van der Waals surface area contributed by atoms with E-state index in [1.54, 1.807) is 0 Å². The molecule has 0 aromatic heterocycles. The molecule has 0 radical (unpaired) electrons. The lowest BCUT2D eigenvalue weighted by Gasteiger charge is -2.18. The lowest BCUT2D eigenvalue weighted by molar-refractivity contribution is 0.0988. The van der Waals surface area contributed by atoms with Gasteiger partial charge in [0.2, 0.25) is 0 Å². The van der Waals surface area contributed by atoms with Crippen LogP contribution in [0.5, 0.6) is 0 Å². The van der Waals surface area contributed by atoms with E-state index in [1.165, 1.54) is 12.8 Å². The van der Waals surface area contributed by atoms with Crippen molar-refractivity contribution in [2.24, 2.45) is 0 Å². The van der Waals surface area contributed by atoms with Crippen LogP contribution >= 0.6 is 0 Å². The third-order valence-electron chi connectivity index (χ3n) is 2.90. The van der Waals surface area contributed by atoms with Crippen LogP contribution in [0.3, 0.4) is 0 Å². The number of nitrogens with zero attached hydrogens (tertiary/aromatic N) is 1. The Morgan fingerprint density at radius 2 is 2.12 bits per heavy atom. The van der Waals surface area contributed by atoms with E-state index in [4.69, 9.17) is 0 Å². The van der Waals surface area contributed by atoms with Crippen LogP contribution in [0.25, 0.3) is 0 Å². The van der Waals surface area contributed by atoms with Gasteiger partial charge >= 0.3 is 0 Å². The average Bonchev–Trinajstić information content (AvgIpc) is 2.81. The maximum absolute atomic E-state index is 11.6. The molecule has 0 unspecified atom stereocenters. The van der Waals surface area contributed by atoms with Gasteiger partial charge in [0.05, 0.1) is 0 Å². The van der Waals surface area contributed by atoms with E-state index in [1.807, 2.05) is 31.2 Å². The van der Waals surface area contributed by atoms with Crippen LogP contribution in [0.15, 0.2) is 24.3 Å². The van der Waals surface area contributed by atoms with E-state index in [-0.39, 0.29) is 5.78 Å². The number of anilines is 1. The maximum atomic E-state index is 11.6. The molecule has 0 aliphatic carbocycles. The summed E-state index contributed by atoms with van der Waals surface area (Å²) in [6.45, 7) is 4.07. The highest BCUT2D eigenvalue weighted by Gasteiger charge is 2.11. The Kier molecular flexibility index (Phi) is 3.57. The fourth-order valence-electron chi connectivity index (χ4n) is 1.98. The van der Waals surface area contributed by atoms with Crippen molar-refractivity contribution in [2.45, 2.75) is 26.2 Å². The molecule has 16 heavy (non-hydrogen) atoms. The van der Waals surface area contributed by atoms with Crippen molar-refractivity contribution < 1.29 is 4.79 Å². The Hall–Kier alpha value is -1.35. The lowest BCUT2D eigenvalue weighted by Crippen LogP contribution is -2.26. The van der Waals surface area contributed by atoms with Crippen LogP contribution in [-0.4, -0.2) is 23.9 Å². The number of benzene rings is 1. The van der Waals surface area contributed by atoms with Gasteiger partial charge in [0, 0.05) is 30.8 Å². The highest BCUT2D eigenvalue weighted by atomic mass is 16.1. The number of rotatable bonds is 4. The first-order valence-electron chi connectivity index (χ1n) is 5.94. The maximum Gasteiger partial charge on any atom is 0.162 e. The second-order valence-corrected chi connectivity index (χ2v) is 4.16. The molecule has 1 aromatic carbocycles. The van der Waals surface area contributed by atoms with E-state index >= 15 is 0 Å². The van der Waals surface area contributed by atoms with Gasteiger partial charge in [0.1, 0.15) is 0 Å². The van der Waals surface area contributed by atoms with Crippen LogP contribution < -0.4 is 5.43 Å². The van der Waals surface area contributed by atoms with Gasteiger partial charge in [-0.2, -0.15) is 0 Å². The summed E-state index contributed by atoms with van der Waals surface area (Å²) < 4.78 is 0. The van der Waals surface area contributed by atoms with Gasteiger partial charge in [-0.1, -0.05) is 19.1 Å². The molecule has 1 aliphatic rings. The minimum Gasteiger partial charge on any atom is -0.319 e. The highest BCUT2D eigenvalue weighted by Crippen LogP contribution is 2.15. The van der Waals surface area contributed by atoms with Crippen LogP contribution in [0.4, 0.5) is 5.69 Å². The molecule has 0 amide bonds. The molecule has 1 aliphatic heterocycles. The van der Waals surface area contributed by atoms with Gasteiger partial charge in [-0.15, -0.1) is 0 Å². The molecule has 1 heterocycles. The Balaban J connectivity index is 2.06. The zero-order valence-electron chi connectivity index (χ0n) is 9.70. The Morgan fingerprint density at radius 3 is 2.81 bits per heavy atom. The third kappa shape index (κ3) is 2.61. The standard InChI is InChI=1S/C13H18N2O/c1-2-13(16)11-6-5-7-12(10-11)14-15-8-3-4-9-15/h5-7,10,14H,2-4,8-9H2,1H3. The second-order valence-electron chi connectivity index (χ2n) is 4.16. The zero-order valence-corrected chi connectivity index (χ0v) is 9.70. The molecule has 0 spiro atoms. The topological polar surface area (TPSA) is 32.3 Å². The Morgan fingerprint density at radius 1 is 1.38 bits per heavy atom. The molecule has 2 rings (SSSR count). The largest absolute Gasteiger partial charge is 0.319 e. The van der Waals surface area contributed by atoms with Crippen molar-refractivity contribution in [1.29, 1.82) is 0 Å². The normalized spacial score (nSPS) is 16.3. The van der Waals surface area contributed by atoms with Crippen LogP contribution in [0.2, 0.25) is 0 Å². The summed E-state index contributed by atoms with van der Waals surface area (Å²) >= 11 is 0. The monoisotopic (exact) mass is 218 g/mol. The van der Waals surface area contributed by atoms with Crippen LogP contribution in [0, 0.1) is 0 Å². The molecular formula is C13H18N2O. The first-order chi connectivity index (χ1) is 7.79. The second kappa shape index (κ2) is 5.12. The summed E-state index contributed by atoms with van der Waals surface area (Å²) in [7, 11) is 0. The van der Waals surface area contributed by atoms with E-state index in [9.17, 15) is 4.79 Å². The van der Waals surface area contributed by atoms with Gasteiger partial charge in [-0.05, 0) is 25.0 Å². The van der Waals surface area contributed by atoms with Gasteiger partial charge in [0.15, 0.2) is 5.78 Å². The summed E-state index contributed by atoms with van der Waals surface area (Å²) in [5.74, 6) is 0.199. The number of ketones is 1. The molecule has 0 bridgehead atoms. The number of Topliss-reactive ketones (excluding diaryl/α,β-unsaturated/α-hetero) is 1. The number of hydrogen-bond donors (Lipinski definition) is 1. The molecule has 0 saturated carbocycles. The predicted molar refractivity (Wildman–Crippen MR) is 65.5 cm³/mol. The van der Waals surface area contributed by atoms with E-state index in [0.717, 1.165) is 24.3 Å². The third-order valence-corrected chi connectivity index (χ3v) is 2.90. The number of carbonyl (C=O) groups is 1. The summed E-state index contributed by atoms with van der Waals surface area (Å²) in [5, 5.41) is 2.20. The lowest BCUT2D eigenvalue weighted by atomic mass is 10.1. The van der Waals surface area contributed by atoms with Crippen molar-refractivity contribution in [3.63, 3.8) is 0 Å². The molecular weight excluding hydrogens is 200 g/mol. The smallest absolute Gasteiger partial charge is 0.162 e. The number of carbonyl (C=O) groups excluding carboxylic acids is 1. The Bertz CT molecular complexity index is 370. The minimum atomic E-state index is 0.199. The number of nitrogens with one attached hydrogen (secondary N) is 1. The Labute approximate surface area is 96.4 Å². The first kappa shape index (κ1) is 11.1. The molecule has 3 heteroatoms. The minimum absolute atomic E-state index is 0.199. The van der Waals surface area contributed by atoms with Crippen molar-refractivity contribution >= 4 is 11.5 Å². The van der Waals surface area contributed by atoms with Gasteiger partial charge < -0.3 is 5.43 Å². The van der Waals surface area contributed by atoms with E-state index < -0.39 is 0 Å². The summed E-state index contributed by atoms with van der Waals surface area (Å²) in [4.78, 5) is 11.6. The molecule has 1 N–H and O–H groups in total. The molecule has 3 nitrogen and oxygen atoms in total. The first-order valence-corrected chi connectivity index (χ1v) is 5.94. The fraction of sp³-hybridized carbons (Fsp3) is 0.462. The van der Waals surface area contributed by atoms with Gasteiger partial charge in [0.25, 0.3) is 0 Å². The summed E-state index contributed by atoms with van der Waals surface area (Å²) in [6, 6.07) is 7.75. The highest BCUT2D eigenvalue weighted by molar-refractivity contribution is 5.96. The summed E-state index contributed by atoms with van der Waals surface area (Å²) in [5.41, 5.74) is 5.15. The SMILES string of the molecule is CCC(=O)c1cccc(NN2CCCC2)c1. The molecule has 1 aromatic rings. The van der Waals surface area contributed by atoms with Crippen molar-refractivity contribution in [2.75, 3.05) is 18.5 Å². The fourth-order valence-corrected chi connectivity index (χ4v) is 1.98. The average molecular weight is 218 g/mol. The molecule has 0 atom stereocenters. The van der Waals surface area contributed by atoms with Crippen molar-refractivity contribution in [1.82, 2.24) is 5.01 Å². The number of hydrogen-bond acceptors (Lipinski definition) is 3. The van der Waals surface area contributed by atoms with Crippen LogP contribution in [0.1, 0.15) is 36.5 Å². The van der Waals surface area contributed by atoms with Gasteiger partial charge in [-0.3, -0.25) is 4.79 Å². The van der Waals surface area contributed by atoms with E-state index in [2.05, 4.69) is 10.4 Å². The number of hydrazine groups is 1. The van der Waals surface area contributed by atoms with E-state index in [0.29, 0.717) is 6.42 Å². The van der Waals surface area contributed by atoms with Crippen molar-refractivity contribution in [3.05, 3.63) is 29.8 Å². The summed E-state index contributed by atoms with van der Waals surface area (Å²) in [6.07, 6.45) is 3.06. The molecule has 86 valence electrons. The molecule has 1 fully saturated rings. The zero-order chi connectivity index (χ0) is 11.4. The quantitative estimate of drug-likeness (QED) is 0.789. The van der Waals surface area contributed by atoms with Gasteiger partial charge in [-0.25, -0.2) is 5.01 Å². The predicted octanol–water partition coefficient (Wildman–Crippen LogP) is 2.70. The molecule has 1 saturated heterocycles. The van der Waals surface area contributed by atoms with Crippen LogP contribution in [-0.2, 0) is 0 Å². The van der Waals surface area contributed by atoms with Crippen molar-refractivity contribution in [3.8, 4) is 0 Å².